The van der Waals surface area contributed by atoms with Crippen molar-refractivity contribution < 1.29 is 24.5 Å². The molecule has 0 aromatic heterocycles. The maximum Gasteiger partial charge on any atom is 0.337 e. The van der Waals surface area contributed by atoms with Crippen LogP contribution in [0.15, 0.2) is 0 Å². The molecule has 0 saturated carbocycles. The monoisotopic (exact) mass is 190 g/mol. The van der Waals surface area contributed by atoms with E-state index in [2.05, 4.69) is 4.74 Å². The standard InChI is InChI=1S/C8H14O5/c1-4-3-5(9)6(10)7(13-4)8(11)12-2/h4-7,9-10H,3H2,1-2H3/t4?,5-,6+,7+/m1/s1. The van der Waals surface area contributed by atoms with Gasteiger partial charge in [-0.2, -0.15) is 0 Å². The molecule has 1 rings (SSSR count). The van der Waals surface area contributed by atoms with Gasteiger partial charge in [-0.25, -0.2) is 4.79 Å². The van der Waals surface area contributed by atoms with Crippen molar-refractivity contribution in [3.63, 3.8) is 0 Å². The molecule has 2 N–H and O–H groups in total. The highest BCUT2D eigenvalue weighted by Crippen LogP contribution is 2.20. The predicted molar refractivity (Wildman–Crippen MR) is 43.0 cm³/mol. The molecule has 0 spiro atoms. The van der Waals surface area contributed by atoms with Gasteiger partial charge in [0.05, 0.1) is 19.3 Å². The molecule has 1 unspecified atom stereocenters. The van der Waals surface area contributed by atoms with Crippen LogP contribution in [0.4, 0.5) is 0 Å². The highest BCUT2D eigenvalue weighted by atomic mass is 16.6. The van der Waals surface area contributed by atoms with E-state index in [9.17, 15) is 15.0 Å². The zero-order chi connectivity index (χ0) is 10.0. The van der Waals surface area contributed by atoms with Crippen molar-refractivity contribution in [3.05, 3.63) is 0 Å². The molecule has 0 aromatic rings. The molecule has 1 aliphatic rings. The summed E-state index contributed by atoms with van der Waals surface area (Å²) in [6, 6.07) is 0. The first-order valence-corrected chi connectivity index (χ1v) is 4.15. The number of aliphatic hydroxyl groups is 2. The largest absolute Gasteiger partial charge is 0.467 e. The zero-order valence-electron chi connectivity index (χ0n) is 7.64. The van der Waals surface area contributed by atoms with Gasteiger partial charge >= 0.3 is 5.97 Å². The van der Waals surface area contributed by atoms with Gasteiger partial charge in [0.2, 0.25) is 0 Å². The summed E-state index contributed by atoms with van der Waals surface area (Å²) in [5.74, 6) is -0.655. The van der Waals surface area contributed by atoms with Crippen molar-refractivity contribution in [2.45, 2.75) is 37.8 Å². The predicted octanol–water partition coefficient (Wildman–Crippen LogP) is -0.941. The minimum absolute atomic E-state index is 0.248. The third kappa shape index (κ3) is 2.18. The van der Waals surface area contributed by atoms with E-state index >= 15 is 0 Å². The average Bonchev–Trinajstić information content (AvgIpc) is 2.10. The van der Waals surface area contributed by atoms with Gasteiger partial charge in [-0.1, -0.05) is 0 Å². The summed E-state index contributed by atoms with van der Waals surface area (Å²) in [5.41, 5.74) is 0. The van der Waals surface area contributed by atoms with Gasteiger partial charge in [-0.3, -0.25) is 0 Å². The summed E-state index contributed by atoms with van der Waals surface area (Å²) in [4.78, 5) is 11.1. The fraction of sp³-hybridized carbons (Fsp3) is 0.875. The second kappa shape index (κ2) is 4.04. The summed E-state index contributed by atoms with van der Waals surface area (Å²) in [6.07, 6.45) is -3.10. The third-order valence-corrected chi connectivity index (χ3v) is 2.09. The first-order chi connectivity index (χ1) is 6.06. The average molecular weight is 190 g/mol. The SMILES string of the molecule is COC(=O)[C@H]1OC(C)C[C@@H](O)[C@@H]1O. The Balaban J connectivity index is 2.66. The Kier molecular flexibility index (Phi) is 3.24. The van der Waals surface area contributed by atoms with Crippen LogP contribution < -0.4 is 0 Å². The number of hydrogen-bond donors (Lipinski definition) is 2. The summed E-state index contributed by atoms with van der Waals surface area (Å²) in [5, 5.41) is 18.7. The van der Waals surface area contributed by atoms with Gasteiger partial charge in [0.25, 0.3) is 0 Å². The molecule has 76 valence electrons. The number of carbonyl (C=O) groups excluding carboxylic acids is 1. The van der Waals surface area contributed by atoms with Crippen LogP contribution in [0.25, 0.3) is 0 Å². The number of esters is 1. The van der Waals surface area contributed by atoms with E-state index in [0.29, 0.717) is 6.42 Å². The smallest absolute Gasteiger partial charge is 0.337 e. The first kappa shape index (κ1) is 10.4. The summed E-state index contributed by atoms with van der Waals surface area (Å²) < 4.78 is 9.56. The highest BCUT2D eigenvalue weighted by molar-refractivity contribution is 5.75. The van der Waals surface area contributed by atoms with E-state index in [0.717, 1.165) is 0 Å². The topological polar surface area (TPSA) is 76.0 Å². The van der Waals surface area contributed by atoms with Crippen LogP contribution in [-0.2, 0) is 14.3 Å². The molecule has 0 bridgehead atoms. The minimum atomic E-state index is -1.19. The molecule has 0 amide bonds. The normalized spacial score (nSPS) is 40.0. The Morgan fingerprint density at radius 1 is 1.54 bits per heavy atom. The van der Waals surface area contributed by atoms with Crippen molar-refractivity contribution in [2.24, 2.45) is 0 Å². The second-order valence-corrected chi connectivity index (χ2v) is 3.18. The van der Waals surface area contributed by atoms with Gasteiger partial charge in [-0.15, -0.1) is 0 Å². The fourth-order valence-electron chi connectivity index (χ4n) is 1.38. The number of methoxy groups -OCH3 is 1. The zero-order valence-corrected chi connectivity index (χ0v) is 7.64. The molecule has 1 fully saturated rings. The molecule has 5 heteroatoms. The molecule has 13 heavy (non-hydrogen) atoms. The van der Waals surface area contributed by atoms with Crippen molar-refractivity contribution in [2.75, 3.05) is 7.11 Å². The molecule has 0 radical (unpaired) electrons. The number of carbonyl (C=O) groups is 1. The molecule has 5 nitrogen and oxygen atoms in total. The van der Waals surface area contributed by atoms with Crippen LogP contribution in [0.5, 0.6) is 0 Å². The highest BCUT2D eigenvalue weighted by Gasteiger charge is 2.40. The van der Waals surface area contributed by atoms with Crippen LogP contribution in [-0.4, -0.2) is 47.7 Å². The lowest BCUT2D eigenvalue weighted by atomic mass is 9.99. The number of rotatable bonds is 1. The lowest BCUT2D eigenvalue weighted by molar-refractivity contribution is -0.193. The number of aliphatic hydroxyl groups excluding tert-OH is 2. The Labute approximate surface area is 76.3 Å². The van der Waals surface area contributed by atoms with E-state index in [1.165, 1.54) is 7.11 Å². The molecular weight excluding hydrogens is 176 g/mol. The molecule has 1 heterocycles. The van der Waals surface area contributed by atoms with Gasteiger partial charge in [0.1, 0.15) is 6.10 Å². The van der Waals surface area contributed by atoms with Gasteiger partial charge in [0, 0.05) is 6.42 Å². The van der Waals surface area contributed by atoms with E-state index in [1.807, 2.05) is 0 Å². The first-order valence-electron chi connectivity index (χ1n) is 4.15. The molecule has 1 saturated heterocycles. The molecule has 4 atom stereocenters. The summed E-state index contributed by atoms with van der Waals surface area (Å²) in [7, 11) is 1.21. The van der Waals surface area contributed by atoms with Crippen LogP contribution >= 0.6 is 0 Å². The van der Waals surface area contributed by atoms with E-state index in [4.69, 9.17) is 4.74 Å². The van der Waals surface area contributed by atoms with Crippen LogP contribution in [0.2, 0.25) is 0 Å². The Morgan fingerprint density at radius 2 is 2.15 bits per heavy atom. The number of ether oxygens (including phenoxy) is 2. The maximum atomic E-state index is 11.1. The number of hydrogen-bond acceptors (Lipinski definition) is 5. The van der Waals surface area contributed by atoms with Gasteiger partial charge in [-0.05, 0) is 6.92 Å². The van der Waals surface area contributed by atoms with Crippen LogP contribution in [0.1, 0.15) is 13.3 Å². The summed E-state index contributed by atoms with van der Waals surface area (Å²) >= 11 is 0. The lowest BCUT2D eigenvalue weighted by Crippen LogP contribution is -2.51. The van der Waals surface area contributed by atoms with E-state index in [-0.39, 0.29) is 6.10 Å². The molecule has 1 aliphatic heterocycles. The van der Waals surface area contributed by atoms with Crippen molar-refractivity contribution in [3.8, 4) is 0 Å². The fourth-order valence-corrected chi connectivity index (χ4v) is 1.38. The molecule has 0 aliphatic carbocycles. The van der Waals surface area contributed by atoms with Gasteiger partial charge in [0.15, 0.2) is 6.10 Å². The minimum Gasteiger partial charge on any atom is -0.467 e. The van der Waals surface area contributed by atoms with Gasteiger partial charge < -0.3 is 19.7 Å². The van der Waals surface area contributed by atoms with Crippen LogP contribution in [0.3, 0.4) is 0 Å². The summed E-state index contributed by atoms with van der Waals surface area (Å²) in [6.45, 7) is 1.73. The quantitative estimate of drug-likeness (QED) is 0.522. The van der Waals surface area contributed by atoms with Crippen LogP contribution in [0, 0.1) is 0 Å². The Hall–Kier alpha value is -0.650. The third-order valence-electron chi connectivity index (χ3n) is 2.09. The van der Waals surface area contributed by atoms with E-state index in [1.54, 1.807) is 6.92 Å². The second-order valence-electron chi connectivity index (χ2n) is 3.18. The molecule has 0 aromatic carbocycles. The Bertz CT molecular complexity index is 193. The Morgan fingerprint density at radius 3 is 2.69 bits per heavy atom. The van der Waals surface area contributed by atoms with Crippen molar-refractivity contribution >= 4 is 5.97 Å². The molecular formula is C8H14O5. The maximum absolute atomic E-state index is 11.1. The lowest BCUT2D eigenvalue weighted by Gasteiger charge is -2.33. The van der Waals surface area contributed by atoms with E-state index < -0.39 is 24.3 Å². The van der Waals surface area contributed by atoms with Crippen molar-refractivity contribution in [1.29, 1.82) is 0 Å². The van der Waals surface area contributed by atoms with Crippen molar-refractivity contribution in [1.82, 2.24) is 0 Å².